The fraction of sp³-hybridized carbons (Fsp3) is 0. The van der Waals surface area contributed by atoms with E-state index in [0.29, 0.717) is 10.7 Å². The van der Waals surface area contributed by atoms with Crippen molar-refractivity contribution in [2.24, 2.45) is 10.7 Å². The zero-order valence-electron chi connectivity index (χ0n) is 10.6. The SMILES string of the molecule is NC1=NC(=O)S/C1=C\c1ccc(-c2ccccc2)cc1. The van der Waals surface area contributed by atoms with E-state index in [9.17, 15) is 4.79 Å². The van der Waals surface area contributed by atoms with Crippen LogP contribution in [0.5, 0.6) is 0 Å². The van der Waals surface area contributed by atoms with Gasteiger partial charge in [0, 0.05) is 0 Å². The standard InChI is InChI=1S/C16H12N2OS/c17-15-14(20-16(19)18-15)10-11-6-8-13(9-7-11)12-4-2-1-3-5-12/h1-10H,(H2,17,18,19)/b14-10-. The summed E-state index contributed by atoms with van der Waals surface area (Å²) in [5.74, 6) is 0.298. The molecular weight excluding hydrogens is 268 g/mol. The molecule has 0 saturated heterocycles. The minimum Gasteiger partial charge on any atom is -0.383 e. The molecule has 98 valence electrons. The summed E-state index contributed by atoms with van der Waals surface area (Å²) in [5.41, 5.74) is 9.01. The molecule has 0 atom stereocenters. The molecule has 1 heterocycles. The summed E-state index contributed by atoms with van der Waals surface area (Å²) in [6, 6.07) is 18.3. The first-order chi connectivity index (χ1) is 9.72. The molecule has 1 aliphatic heterocycles. The molecule has 2 aromatic rings. The molecule has 1 aliphatic rings. The lowest BCUT2D eigenvalue weighted by atomic mass is 10.0. The number of aliphatic imine (C=N–C) groups is 1. The summed E-state index contributed by atoms with van der Waals surface area (Å²) in [6.45, 7) is 0. The van der Waals surface area contributed by atoms with Crippen LogP contribution >= 0.6 is 11.8 Å². The molecule has 20 heavy (non-hydrogen) atoms. The van der Waals surface area contributed by atoms with Gasteiger partial charge < -0.3 is 5.73 Å². The molecule has 2 N–H and O–H groups in total. The highest BCUT2D eigenvalue weighted by atomic mass is 32.2. The zero-order chi connectivity index (χ0) is 13.9. The van der Waals surface area contributed by atoms with E-state index in [0.717, 1.165) is 22.9 Å². The van der Waals surface area contributed by atoms with Gasteiger partial charge in [0.05, 0.1) is 4.91 Å². The van der Waals surface area contributed by atoms with Crippen LogP contribution in [0.3, 0.4) is 0 Å². The molecule has 0 spiro atoms. The number of nitrogens with zero attached hydrogens (tertiary/aromatic N) is 1. The summed E-state index contributed by atoms with van der Waals surface area (Å²) in [6.07, 6.45) is 1.88. The van der Waals surface area contributed by atoms with Crippen LogP contribution in [0.15, 0.2) is 64.5 Å². The highest BCUT2D eigenvalue weighted by Gasteiger charge is 2.18. The van der Waals surface area contributed by atoms with Crippen molar-refractivity contribution in [2.75, 3.05) is 0 Å². The topological polar surface area (TPSA) is 55.4 Å². The van der Waals surface area contributed by atoms with Gasteiger partial charge in [-0.25, -0.2) is 0 Å². The number of carbonyl (C=O) groups is 1. The highest BCUT2D eigenvalue weighted by Crippen LogP contribution is 2.28. The van der Waals surface area contributed by atoms with Gasteiger partial charge in [0.25, 0.3) is 0 Å². The van der Waals surface area contributed by atoms with Gasteiger partial charge in [-0.3, -0.25) is 4.79 Å². The van der Waals surface area contributed by atoms with Gasteiger partial charge >= 0.3 is 5.24 Å². The number of carbonyl (C=O) groups excluding carboxylic acids is 1. The minimum atomic E-state index is -0.255. The van der Waals surface area contributed by atoms with E-state index in [1.807, 2.05) is 36.4 Å². The van der Waals surface area contributed by atoms with Crippen molar-refractivity contribution in [1.82, 2.24) is 0 Å². The number of amides is 1. The number of hydrogen-bond donors (Lipinski definition) is 1. The molecule has 0 unspecified atom stereocenters. The van der Waals surface area contributed by atoms with Crippen molar-refractivity contribution in [1.29, 1.82) is 0 Å². The van der Waals surface area contributed by atoms with Crippen molar-refractivity contribution >= 4 is 28.9 Å². The monoisotopic (exact) mass is 280 g/mol. The van der Waals surface area contributed by atoms with Crippen LogP contribution in [0.4, 0.5) is 4.79 Å². The van der Waals surface area contributed by atoms with Crippen molar-refractivity contribution < 1.29 is 4.79 Å². The van der Waals surface area contributed by atoms with Crippen molar-refractivity contribution in [3.63, 3.8) is 0 Å². The van der Waals surface area contributed by atoms with Crippen LogP contribution in [-0.2, 0) is 0 Å². The number of benzene rings is 2. The number of thioether (sulfide) groups is 1. The fourth-order valence-corrected chi connectivity index (χ4v) is 2.66. The first kappa shape index (κ1) is 12.7. The summed E-state index contributed by atoms with van der Waals surface area (Å²) < 4.78 is 0. The van der Waals surface area contributed by atoms with Gasteiger partial charge in [0.15, 0.2) is 0 Å². The first-order valence-corrected chi connectivity index (χ1v) is 6.97. The van der Waals surface area contributed by atoms with E-state index in [1.54, 1.807) is 0 Å². The second-order valence-electron chi connectivity index (χ2n) is 4.36. The Labute approximate surface area is 121 Å². The average molecular weight is 280 g/mol. The van der Waals surface area contributed by atoms with Crippen LogP contribution in [-0.4, -0.2) is 11.1 Å². The van der Waals surface area contributed by atoms with Crippen molar-refractivity contribution in [3.8, 4) is 11.1 Å². The molecule has 3 nitrogen and oxygen atoms in total. The van der Waals surface area contributed by atoms with Crippen LogP contribution in [0.25, 0.3) is 17.2 Å². The molecule has 1 amide bonds. The minimum absolute atomic E-state index is 0.255. The summed E-state index contributed by atoms with van der Waals surface area (Å²) in [5, 5.41) is -0.255. The van der Waals surface area contributed by atoms with E-state index >= 15 is 0 Å². The van der Waals surface area contributed by atoms with E-state index in [-0.39, 0.29) is 5.24 Å². The molecule has 0 saturated carbocycles. The van der Waals surface area contributed by atoms with Crippen molar-refractivity contribution in [2.45, 2.75) is 0 Å². The van der Waals surface area contributed by atoms with Gasteiger partial charge in [0.1, 0.15) is 5.84 Å². The Bertz CT molecular complexity index is 703. The van der Waals surface area contributed by atoms with Crippen LogP contribution in [0, 0.1) is 0 Å². The molecular formula is C16H12N2OS. The third-order valence-corrected chi connectivity index (χ3v) is 3.79. The number of hydrogen-bond acceptors (Lipinski definition) is 3. The van der Waals surface area contributed by atoms with E-state index in [4.69, 9.17) is 5.73 Å². The Hall–Kier alpha value is -2.33. The Morgan fingerprint density at radius 2 is 1.60 bits per heavy atom. The van der Waals surface area contributed by atoms with Crippen molar-refractivity contribution in [3.05, 3.63) is 65.1 Å². The van der Waals surface area contributed by atoms with E-state index < -0.39 is 0 Å². The molecule has 2 aromatic carbocycles. The fourth-order valence-electron chi connectivity index (χ4n) is 1.98. The second-order valence-corrected chi connectivity index (χ2v) is 5.35. The quantitative estimate of drug-likeness (QED) is 0.907. The maximum absolute atomic E-state index is 11.1. The van der Waals surface area contributed by atoms with Gasteiger partial charge in [-0.2, -0.15) is 4.99 Å². The Kier molecular flexibility index (Phi) is 3.39. The predicted molar refractivity (Wildman–Crippen MR) is 84.5 cm³/mol. The molecule has 4 heteroatoms. The Balaban J connectivity index is 1.86. The molecule has 0 aromatic heterocycles. The molecule has 0 radical (unpaired) electrons. The number of amidine groups is 1. The third kappa shape index (κ3) is 2.65. The molecule has 3 rings (SSSR count). The average Bonchev–Trinajstić information content (AvgIpc) is 2.79. The molecule has 0 bridgehead atoms. The van der Waals surface area contributed by atoms with E-state index in [1.165, 1.54) is 5.56 Å². The van der Waals surface area contributed by atoms with Crippen LogP contribution < -0.4 is 5.73 Å². The number of nitrogens with two attached hydrogens (primary N) is 1. The van der Waals surface area contributed by atoms with E-state index in [2.05, 4.69) is 29.3 Å². The maximum atomic E-state index is 11.1. The first-order valence-electron chi connectivity index (χ1n) is 6.16. The van der Waals surface area contributed by atoms with Crippen LogP contribution in [0.1, 0.15) is 5.56 Å². The lowest BCUT2D eigenvalue weighted by Gasteiger charge is -2.02. The van der Waals surface area contributed by atoms with Gasteiger partial charge in [-0.15, -0.1) is 0 Å². The van der Waals surface area contributed by atoms with Gasteiger partial charge in [-0.1, -0.05) is 54.6 Å². The second kappa shape index (κ2) is 5.35. The Morgan fingerprint density at radius 3 is 2.20 bits per heavy atom. The lowest BCUT2D eigenvalue weighted by Crippen LogP contribution is -2.08. The van der Waals surface area contributed by atoms with Crippen LogP contribution in [0.2, 0.25) is 0 Å². The maximum Gasteiger partial charge on any atom is 0.311 e. The summed E-state index contributed by atoms with van der Waals surface area (Å²) in [7, 11) is 0. The summed E-state index contributed by atoms with van der Waals surface area (Å²) >= 11 is 1.06. The highest BCUT2D eigenvalue weighted by molar-refractivity contribution is 8.18. The third-order valence-electron chi connectivity index (χ3n) is 2.98. The van der Waals surface area contributed by atoms with Gasteiger partial charge in [-0.05, 0) is 34.5 Å². The predicted octanol–water partition coefficient (Wildman–Crippen LogP) is 3.92. The zero-order valence-corrected chi connectivity index (χ0v) is 11.4. The molecule has 0 fully saturated rings. The normalized spacial score (nSPS) is 16.5. The smallest absolute Gasteiger partial charge is 0.311 e. The largest absolute Gasteiger partial charge is 0.383 e. The molecule has 0 aliphatic carbocycles. The lowest BCUT2D eigenvalue weighted by molar-refractivity contribution is 0.268. The van der Waals surface area contributed by atoms with Gasteiger partial charge in [0.2, 0.25) is 0 Å². The Morgan fingerprint density at radius 1 is 0.950 bits per heavy atom. The summed E-state index contributed by atoms with van der Waals surface area (Å²) in [4.78, 5) is 15.5. The number of rotatable bonds is 2.